The van der Waals surface area contributed by atoms with Crippen LogP contribution in [0, 0.1) is 0 Å². The number of amides is 2. The van der Waals surface area contributed by atoms with Crippen LogP contribution in [0.4, 0.5) is 0 Å². The third kappa shape index (κ3) is 4.15. The van der Waals surface area contributed by atoms with Gasteiger partial charge < -0.3 is 9.80 Å². The SMILES string of the molecule is CN1CCC(N(C)C2=C(c3cccs3)C(=O)N(C3CCCCCCC3)C2=O)CC1. The topological polar surface area (TPSA) is 43.9 Å². The zero-order valence-electron chi connectivity index (χ0n) is 17.7. The molecule has 1 aromatic heterocycles. The molecule has 0 N–H and O–H groups in total. The third-order valence-electron chi connectivity index (χ3n) is 6.89. The predicted octanol–water partition coefficient (Wildman–Crippen LogP) is 3.97. The van der Waals surface area contributed by atoms with Gasteiger partial charge in [-0.25, -0.2) is 0 Å². The Hall–Kier alpha value is -1.66. The first-order chi connectivity index (χ1) is 14.1. The first-order valence-corrected chi connectivity index (χ1v) is 12.0. The van der Waals surface area contributed by atoms with Crippen LogP contribution in [-0.4, -0.2) is 65.8 Å². The number of piperidine rings is 1. The quantitative estimate of drug-likeness (QED) is 0.698. The van der Waals surface area contributed by atoms with Crippen LogP contribution in [0.5, 0.6) is 0 Å². The second-order valence-electron chi connectivity index (χ2n) is 8.83. The van der Waals surface area contributed by atoms with Gasteiger partial charge in [0.15, 0.2) is 0 Å². The summed E-state index contributed by atoms with van der Waals surface area (Å²) in [6.07, 6.45) is 9.85. The van der Waals surface area contributed by atoms with Gasteiger partial charge in [0.25, 0.3) is 11.8 Å². The summed E-state index contributed by atoms with van der Waals surface area (Å²) in [5, 5.41) is 1.99. The molecule has 1 aromatic rings. The van der Waals surface area contributed by atoms with Crippen molar-refractivity contribution in [2.45, 2.75) is 69.9 Å². The molecule has 4 rings (SSSR count). The van der Waals surface area contributed by atoms with Crippen molar-refractivity contribution in [3.05, 3.63) is 28.1 Å². The van der Waals surface area contributed by atoms with E-state index in [1.165, 1.54) is 19.3 Å². The molecule has 0 radical (unpaired) electrons. The van der Waals surface area contributed by atoms with E-state index < -0.39 is 0 Å². The van der Waals surface area contributed by atoms with Crippen molar-refractivity contribution in [2.75, 3.05) is 27.2 Å². The van der Waals surface area contributed by atoms with Crippen LogP contribution in [0.2, 0.25) is 0 Å². The zero-order chi connectivity index (χ0) is 20.4. The molecule has 6 heteroatoms. The molecular weight excluding hydrogens is 382 g/mol. The van der Waals surface area contributed by atoms with Gasteiger partial charge in [0.05, 0.1) is 5.57 Å². The average Bonchev–Trinajstić information content (AvgIpc) is 3.29. The fourth-order valence-electron chi connectivity index (χ4n) is 5.09. The van der Waals surface area contributed by atoms with Crippen LogP contribution in [0.15, 0.2) is 23.2 Å². The minimum absolute atomic E-state index is 0.0497. The number of imide groups is 1. The number of hydrogen-bond acceptors (Lipinski definition) is 5. The molecule has 0 aromatic carbocycles. The zero-order valence-corrected chi connectivity index (χ0v) is 18.5. The Balaban J connectivity index is 1.65. The van der Waals surface area contributed by atoms with Gasteiger partial charge >= 0.3 is 0 Å². The first-order valence-electron chi connectivity index (χ1n) is 11.2. The number of likely N-dealkylation sites (tertiary alicyclic amines) is 1. The largest absolute Gasteiger partial charge is 0.366 e. The van der Waals surface area contributed by atoms with Gasteiger partial charge in [0.2, 0.25) is 0 Å². The van der Waals surface area contributed by atoms with Crippen molar-refractivity contribution in [3.63, 3.8) is 0 Å². The fourth-order valence-corrected chi connectivity index (χ4v) is 5.86. The molecular formula is C23H33N3O2S. The van der Waals surface area contributed by atoms with Gasteiger partial charge in [-0.2, -0.15) is 0 Å². The maximum absolute atomic E-state index is 13.7. The van der Waals surface area contributed by atoms with Crippen molar-refractivity contribution in [1.29, 1.82) is 0 Å². The number of thiophene rings is 1. The molecule has 29 heavy (non-hydrogen) atoms. The van der Waals surface area contributed by atoms with Crippen LogP contribution in [-0.2, 0) is 9.59 Å². The van der Waals surface area contributed by atoms with Gasteiger partial charge in [-0.3, -0.25) is 14.5 Å². The van der Waals surface area contributed by atoms with E-state index in [0.29, 0.717) is 17.3 Å². The Labute approximate surface area is 178 Å². The molecule has 1 saturated heterocycles. The number of rotatable bonds is 4. The lowest BCUT2D eigenvalue weighted by molar-refractivity contribution is -0.140. The monoisotopic (exact) mass is 415 g/mol. The normalized spacial score (nSPS) is 23.6. The Morgan fingerprint density at radius 1 is 0.966 bits per heavy atom. The summed E-state index contributed by atoms with van der Waals surface area (Å²) in [4.78, 5) is 34.3. The Kier molecular flexibility index (Phi) is 6.40. The smallest absolute Gasteiger partial charge is 0.278 e. The van der Waals surface area contributed by atoms with Crippen molar-refractivity contribution in [3.8, 4) is 0 Å². The van der Waals surface area contributed by atoms with E-state index in [9.17, 15) is 9.59 Å². The van der Waals surface area contributed by atoms with Gasteiger partial charge in [-0.05, 0) is 57.3 Å². The molecule has 0 unspecified atom stereocenters. The van der Waals surface area contributed by atoms with E-state index in [1.54, 1.807) is 16.2 Å². The van der Waals surface area contributed by atoms with E-state index in [1.807, 2.05) is 24.6 Å². The molecule has 3 heterocycles. The minimum Gasteiger partial charge on any atom is -0.366 e. The van der Waals surface area contributed by atoms with E-state index >= 15 is 0 Å². The number of likely N-dealkylation sites (N-methyl/N-ethyl adjacent to an activating group) is 1. The summed E-state index contributed by atoms with van der Waals surface area (Å²) in [6.45, 7) is 2.07. The number of carbonyl (C=O) groups excluding carboxylic acids is 2. The molecule has 2 aliphatic heterocycles. The lowest BCUT2D eigenvalue weighted by atomic mass is 9.95. The van der Waals surface area contributed by atoms with Crippen LogP contribution in [0.3, 0.4) is 0 Å². The van der Waals surface area contributed by atoms with Crippen LogP contribution in [0.25, 0.3) is 5.57 Å². The second kappa shape index (κ2) is 9.00. The summed E-state index contributed by atoms with van der Waals surface area (Å²) in [5.41, 5.74) is 1.27. The molecule has 0 bridgehead atoms. The lowest BCUT2D eigenvalue weighted by Gasteiger charge is -2.37. The maximum Gasteiger partial charge on any atom is 0.278 e. The first kappa shape index (κ1) is 20.6. The van der Waals surface area contributed by atoms with Crippen LogP contribution < -0.4 is 0 Å². The highest BCUT2D eigenvalue weighted by Crippen LogP contribution is 2.38. The molecule has 1 aliphatic carbocycles. The standard InChI is InChI=1S/C23H33N3O2S/c1-24-14-12-17(13-15-24)25(2)21-20(19-11-8-16-29-19)22(27)26(23(21)28)18-9-6-4-3-5-7-10-18/h8,11,16-18H,3-7,9-10,12-15H2,1-2H3. The molecule has 2 amide bonds. The summed E-state index contributed by atoms with van der Waals surface area (Å²) in [6, 6.07) is 4.31. The second-order valence-corrected chi connectivity index (χ2v) is 9.77. The highest BCUT2D eigenvalue weighted by Gasteiger charge is 2.45. The molecule has 5 nitrogen and oxygen atoms in total. The highest BCUT2D eigenvalue weighted by atomic mass is 32.1. The summed E-state index contributed by atoms with van der Waals surface area (Å²) in [7, 11) is 4.17. The Bertz CT molecular complexity index is 757. The molecule has 0 spiro atoms. The summed E-state index contributed by atoms with van der Waals surface area (Å²) < 4.78 is 0. The molecule has 2 fully saturated rings. The molecule has 0 atom stereocenters. The van der Waals surface area contributed by atoms with Crippen LogP contribution >= 0.6 is 11.3 Å². The number of carbonyl (C=O) groups is 2. The molecule has 1 saturated carbocycles. The van der Waals surface area contributed by atoms with Gasteiger partial charge in [0, 0.05) is 24.0 Å². The van der Waals surface area contributed by atoms with E-state index in [0.717, 1.165) is 56.5 Å². The predicted molar refractivity (Wildman–Crippen MR) is 117 cm³/mol. The van der Waals surface area contributed by atoms with Gasteiger partial charge in [0.1, 0.15) is 5.70 Å². The van der Waals surface area contributed by atoms with E-state index in [-0.39, 0.29) is 17.9 Å². The Morgan fingerprint density at radius 2 is 1.62 bits per heavy atom. The Morgan fingerprint density at radius 3 is 2.24 bits per heavy atom. The number of hydrogen-bond donors (Lipinski definition) is 0. The number of nitrogens with zero attached hydrogens (tertiary/aromatic N) is 3. The molecule has 3 aliphatic rings. The van der Waals surface area contributed by atoms with E-state index in [2.05, 4.69) is 16.8 Å². The van der Waals surface area contributed by atoms with E-state index in [4.69, 9.17) is 0 Å². The van der Waals surface area contributed by atoms with Crippen molar-refractivity contribution in [2.24, 2.45) is 0 Å². The minimum atomic E-state index is -0.0715. The summed E-state index contributed by atoms with van der Waals surface area (Å²) >= 11 is 1.56. The lowest BCUT2D eigenvalue weighted by Crippen LogP contribution is -2.45. The van der Waals surface area contributed by atoms with Crippen molar-refractivity contribution >= 4 is 28.7 Å². The fraction of sp³-hybridized carbons (Fsp3) is 0.652. The van der Waals surface area contributed by atoms with Crippen molar-refractivity contribution in [1.82, 2.24) is 14.7 Å². The van der Waals surface area contributed by atoms with Crippen molar-refractivity contribution < 1.29 is 9.59 Å². The van der Waals surface area contributed by atoms with Gasteiger partial charge in [-0.1, -0.05) is 38.2 Å². The highest BCUT2D eigenvalue weighted by molar-refractivity contribution is 7.11. The third-order valence-corrected chi connectivity index (χ3v) is 7.77. The van der Waals surface area contributed by atoms with Crippen LogP contribution in [0.1, 0.15) is 62.7 Å². The molecule has 158 valence electrons. The maximum atomic E-state index is 13.7. The summed E-state index contributed by atoms with van der Waals surface area (Å²) in [5.74, 6) is -0.136. The average molecular weight is 416 g/mol. The van der Waals surface area contributed by atoms with Gasteiger partial charge in [-0.15, -0.1) is 11.3 Å².